The minimum absolute atomic E-state index is 0.184. The van der Waals surface area contributed by atoms with Gasteiger partial charge in [0.2, 0.25) is 0 Å². The minimum Gasteiger partial charge on any atom is -0.508 e. The molecule has 21 heavy (non-hydrogen) atoms. The first-order valence-electron chi connectivity index (χ1n) is 6.77. The Kier molecular flexibility index (Phi) is 3.60. The molecule has 1 fully saturated rings. The fourth-order valence-corrected chi connectivity index (χ4v) is 3.02. The van der Waals surface area contributed by atoms with Crippen molar-refractivity contribution in [2.45, 2.75) is 18.3 Å². The lowest BCUT2D eigenvalue weighted by Crippen LogP contribution is -2.00. The summed E-state index contributed by atoms with van der Waals surface area (Å²) in [4.78, 5) is 11.4. The molecule has 0 bridgehead atoms. The maximum atomic E-state index is 11.4. The van der Waals surface area contributed by atoms with Crippen molar-refractivity contribution in [3.63, 3.8) is 0 Å². The van der Waals surface area contributed by atoms with Gasteiger partial charge in [-0.1, -0.05) is 29.8 Å². The third-order valence-electron chi connectivity index (χ3n) is 3.93. The number of carbonyl (C=O) groups excluding carboxylic acids is 1. The predicted octanol–water partition coefficient (Wildman–Crippen LogP) is 4.10. The molecule has 1 aliphatic carbocycles. The van der Waals surface area contributed by atoms with E-state index < -0.39 is 0 Å². The van der Waals surface area contributed by atoms with Gasteiger partial charge in [-0.15, -0.1) is 0 Å². The lowest BCUT2D eigenvalue weighted by molar-refractivity contribution is 0.0600. The van der Waals surface area contributed by atoms with Crippen LogP contribution in [-0.2, 0) is 4.74 Å². The maximum absolute atomic E-state index is 11.4. The van der Waals surface area contributed by atoms with E-state index in [0.717, 1.165) is 12.0 Å². The number of phenolic OH excluding ortho intramolecular Hbond substituents is 1. The first-order chi connectivity index (χ1) is 10.1. The molecule has 0 amide bonds. The number of phenols is 1. The van der Waals surface area contributed by atoms with E-state index in [4.69, 9.17) is 11.6 Å². The molecule has 0 aromatic heterocycles. The van der Waals surface area contributed by atoms with E-state index in [1.54, 1.807) is 24.3 Å². The van der Waals surface area contributed by atoms with E-state index in [1.807, 2.05) is 18.2 Å². The van der Waals surface area contributed by atoms with E-state index in [2.05, 4.69) is 4.74 Å². The molecule has 2 atom stereocenters. The van der Waals surface area contributed by atoms with Crippen LogP contribution in [0.25, 0.3) is 0 Å². The van der Waals surface area contributed by atoms with Crippen molar-refractivity contribution in [3.05, 3.63) is 64.2 Å². The van der Waals surface area contributed by atoms with Gasteiger partial charge in [0.1, 0.15) is 5.75 Å². The van der Waals surface area contributed by atoms with E-state index >= 15 is 0 Å². The Morgan fingerprint density at radius 3 is 2.52 bits per heavy atom. The third-order valence-corrected chi connectivity index (χ3v) is 4.26. The zero-order valence-corrected chi connectivity index (χ0v) is 12.3. The number of ether oxygens (including phenoxy) is 1. The molecule has 1 saturated carbocycles. The monoisotopic (exact) mass is 302 g/mol. The van der Waals surface area contributed by atoms with Gasteiger partial charge in [-0.2, -0.15) is 0 Å². The van der Waals surface area contributed by atoms with Gasteiger partial charge < -0.3 is 9.84 Å². The average molecular weight is 303 g/mol. The fourth-order valence-electron chi connectivity index (χ4n) is 2.71. The molecular weight excluding hydrogens is 288 g/mol. The van der Waals surface area contributed by atoms with Crippen molar-refractivity contribution in [2.75, 3.05) is 7.11 Å². The van der Waals surface area contributed by atoms with Crippen LogP contribution in [-0.4, -0.2) is 18.2 Å². The number of aromatic hydroxyl groups is 1. The van der Waals surface area contributed by atoms with Crippen LogP contribution in [0.4, 0.5) is 0 Å². The average Bonchev–Trinajstić information content (AvgIpc) is 3.27. The summed E-state index contributed by atoms with van der Waals surface area (Å²) in [7, 11) is 1.37. The van der Waals surface area contributed by atoms with Crippen LogP contribution in [0.5, 0.6) is 5.75 Å². The van der Waals surface area contributed by atoms with Gasteiger partial charge >= 0.3 is 5.97 Å². The molecule has 1 N–H and O–H groups in total. The molecule has 4 heteroatoms. The van der Waals surface area contributed by atoms with Crippen molar-refractivity contribution in [3.8, 4) is 5.75 Å². The van der Waals surface area contributed by atoms with Crippen LogP contribution < -0.4 is 0 Å². The van der Waals surface area contributed by atoms with Crippen LogP contribution in [0, 0.1) is 0 Å². The molecule has 0 spiro atoms. The van der Waals surface area contributed by atoms with E-state index in [0.29, 0.717) is 22.4 Å². The van der Waals surface area contributed by atoms with Crippen LogP contribution in [0.2, 0.25) is 5.02 Å². The molecule has 0 aliphatic heterocycles. The summed E-state index contributed by atoms with van der Waals surface area (Å²) < 4.78 is 4.69. The summed E-state index contributed by atoms with van der Waals surface area (Å²) in [5.41, 5.74) is 2.81. The number of esters is 1. The van der Waals surface area contributed by atoms with Crippen molar-refractivity contribution in [1.82, 2.24) is 0 Å². The highest BCUT2D eigenvalue weighted by Crippen LogP contribution is 2.56. The maximum Gasteiger partial charge on any atom is 0.337 e. The van der Waals surface area contributed by atoms with Crippen molar-refractivity contribution in [2.24, 2.45) is 0 Å². The summed E-state index contributed by atoms with van der Waals surface area (Å²) in [6, 6.07) is 12.6. The zero-order valence-electron chi connectivity index (χ0n) is 11.5. The fraction of sp³-hybridized carbons (Fsp3) is 0.235. The van der Waals surface area contributed by atoms with Crippen molar-refractivity contribution >= 4 is 17.6 Å². The Hall–Kier alpha value is -2.00. The summed E-state index contributed by atoms with van der Waals surface area (Å²) >= 11 is 6.18. The second kappa shape index (κ2) is 5.41. The second-order valence-corrected chi connectivity index (χ2v) is 5.68. The minimum atomic E-state index is -0.324. The highest BCUT2D eigenvalue weighted by atomic mass is 35.5. The highest BCUT2D eigenvalue weighted by molar-refractivity contribution is 6.31. The normalized spacial score (nSPS) is 20.1. The highest BCUT2D eigenvalue weighted by Gasteiger charge is 2.40. The molecule has 2 aromatic carbocycles. The van der Waals surface area contributed by atoms with Crippen molar-refractivity contribution < 1.29 is 14.6 Å². The Morgan fingerprint density at radius 2 is 1.90 bits per heavy atom. The van der Waals surface area contributed by atoms with Crippen molar-refractivity contribution in [1.29, 1.82) is 0 Å². The predicted molar refractivity (Wildman–Crippen MR) is 81.0 cm³/mol. The molecule has 0 heterocycles. The van der Waals surface area contributed by atoms with Gasteiger partial charge in [0, 0.05) is 5.02 Å². The van der Waals surface area contributed by atoms with Gasteiger partial charge in [0.05, 0.1) is 12.7 Å². The van der Waals surface area contributed by atoms with Crippen LogP contribution >= 0.6 is 11.6 Å². The number of hydrogen-bond acceptors (Lipinski definition) is 3. The Balaban J connectivity index is 1.77. The zero-order chi connectivity index (χ0) is 15.0. The smallest absolute Gasteiger partial charge is 0.337 e. The Bertz CT molecular complexity index is 679. The lowest BCUT2D eigenvalue weighted by atomic mass is 10.0. The van der Waals surface area contributed by atoms with Gasteiger partial charge in [-0.05, 0) is 53.6 Å². The Labute approximate surface area is 128 Å². The van der Waals surface area contributed by atoms with Gasteiger partial charge in [0.25, 0.3) is 0 Å². The van der Waals surface area contributed by atoms with E-state index in [9.17, 15) is 9.90 Å². The molecular formula is C17H15ClO3. The number of benzene rings is 2. The summed E-state index contributed by atoms with van der Waals surface area (Å²) in [6.07, 6.45) is 1.03. The summed E-state index contributed by atoms with van der Waals surface area (Å²) in [5, 5.41) is 10.0. The molecule has 0 radical (unpaired) electrons. The van der Waals surface area contributed by atoms with E-state index in [1.165, 1.54) is 12.7 Å². The van der Waals surface area contributed by atoms with Gasteiger partial charge in [-0.25, -0.2) is 4.79 Å². The summed E-state index contributed by atoms with van der Waals surface area (Å²) in [5.74, 6) is 0.652. The molecule has 0 saturated heterocycles. The standard InChI is InChI=1S/C17H15ClO3/c1-21-17(20)11-4-2-10(3-5-11)14-9-15(14)13-7-6-12(19)8-16(13)18/h2-8,14-15,19H,9H2,1H3. The molecule has 2 unspecified atom stereocenters. The number of rotatable bonds is 3. The number of halogens is 1. The largest absolute Gasteiger partial charge is 0.508 e. The third kappa shape index (κ3) is 2.74. The van der Waals surface area contributed by atoms with Crippen LogP contribution in [0.1, 0.15) is 39.7 Å². The molecule has 3 rings (SSSR count). The topological polar surface area (TPSA) is 46.5 Å². The number of hydrogen-bond donors (Lipinski definition) is 1. The molecule has 2 aromatic rings. The quantitative estimate of drug-likeness (QED) is 0.868. The van der Waals surface area contributed by atoms with Gasteiger partial charge in [0.15, 0.2) is 0 Å². The molecule has 3 nitrogen and oxygen atoms in total. The summed E-state index contributed by atoms with van der Waals surface area (Å²) in [6.45, 7) is 0. The van der Waals surface area contributed by atoms with Crippen LogP contribution in [0.15, 0.2) is 42.5 Å². The number of methoxy groups -OCH3 is 1. The van der Waals surface area contributed by atoms with E-state index in [-0.39, 0.29) is 11.7 Å². The molecule has 1 aliphatic rings. The van der Waals surface area contributed by atoms with Gasteiger partial charge in [-0.3, -0.25) is 0 Å². The second-order valence-electron chi connectivity index (χ2n) is 5.27. The SMILES string of the molecule is COC(=O)c1ccc(C2CC2c2ccc(O)cc2Cl)cc1. The molecule has 108 valence electrons. The first-order valence-corrected chi connectivity index (χ1v) is 7.14. The lowest BCUT2D eigenvalue weighted by Gasteiger charge is -2.05. The first kappa shape index (κ1) is 14.0. The number of carbonyl (C=O) groups is 1. The van der Waals surface area contributed by atoms with Crippen LogP contribution in [0.3, 0.4) is 0 Å². The Morgan fingerprint density at radius 1 is 1.19 bits per heavy atom.